The monoisotopic (exact) mass is 146 g/mol. The van der Waals surface area contributed by atoms with E-state index in [0.29, 0.717) is 6.61 Å². The lowest BCUT2D eigenvalue weighted by Crippen LogP contribution is -2.13. The predicted octanol–water partition coefficient (Wildman–Crippen LogP) is 0.174. The summed E-state index contributed by atoms with van der Waals surface area (Å²) in [5.74, 6) is 0. The lowest BCUT2D eigenvalue weighted by molar-refractivity contribution is 0.0353. The summed E-state index contributed by atoms with van der Waals surface area (Å²) < 4.78 is 10.5. The summed E-state index contributed by atoms with van der Waals surface area (Å²) in [4.78, 5) is 0. The number of aliphatic hydroxyl groups is 1. The lowest BCUT2D eigenvalue weighted by Gasteiger charge is -2.07. The van der Waals surface area contributed by atoms with E-state index in [1.165, 1.54) is 0 Å². The molecule has 0 radical (unpaired) electrons. The molecule has 0 aromatic heterocycles. The van der Waals surface area contributed by atoms with Gasteiger partial charge in [-0.25, -0.2) is 0 Å². The number of rotatable bonds is 4. The molecule has 10 heavy (non-hydrogen) atoms. The first-order valence-corrected chi connectivity index (χ1v) is 3.73. The highest BCUT2D eigenvalue weighted by atomic mass is 16.5. The Morgan fingerprint density at radius 2 is 2.50 bits per heavy atom. The summed E-state index contributed by atoms with van der Waals surface area (Å²) >= 11 is 0. The summed E-state index contributed by atoms with van der Waals surface area (Å²) in [6, 6.07) is 0. The van der Waals surface area contributed by atoms with Gasteiger partial charge >= 0.3 is 0 Å². The average molecular weight is 146 g/mol. The third-order valence-corrected chi connectivity index (χ3v) is 1.54. The second-order valence-corrected chi connectivity index (χ2v) is 2.43. The Labute approximate surface area is 60.9 Å². The van der Waals surface area contributed by atoms with Gasteiger partial charge in [-0.05, 0) is 12.8 Å². The maximum absolute atomic E-state index is 8.43. The highest BCUT2D eigenvalue weighted by molar-refractivity contribution is 4.62. The van der Waals surface area contributed by atoms with Crippen molar-refractivity contribution in [3.63, 3.8) is 0 Å². The van der Waals surface area contributed by atoms with Crippen LogP contribution in [-0.4, -0.2) is 37.6 Å². The van der Waals surface area contributed by atoms with E-state index in [1.807, 2.05) is 0 Å². The largest absolute Gasteiger partial charge is 0.396 e. The van der Waals surface area contributed by atoms with Crippen LogP contribution in [0.4, 0.5) is 0 Å². The van der Waals surface area contributed by atoms with Crippen LogP contribution in [0.5, 0.6) is 0 Å². The molecule has 0 aliphatic carbocycles. The molecular formula is C7H14O3. The van der Waals surface area contributed by atoms with Crippen LogP contribution in [0.1, 0.15) is 12.8 Å². The van der Waals surface area contributed by atoms with Crippen molar-refractivity contribution in [2.24, 2.45) is 0 Å². The average Bonchev–Trinajstić information content (AvgIpc) is 2.41. The summed E-state index contributed by atoms with van der Waals surface area (Å²) in [6.07, 6.45) is 2.02. The van der Waals surface area contributed by atoms with Crippen molar-refractivity contribution in [2.45, 2.75) is 18.9 Å². The van der Waals surface area contributed by atoms with Gasteiger partial charge in [0.1, 0.15) is 0 Å². The summed E-state index contributed by atoms with van der Waals surface area (Å²) in [7, 11) is 0. The van der Waals surface area contributed by atoms with Crippen LogP contribution in [0, 0.1) is 0 Å². The van der Waals surface area contributed by atoms with Gasteiger partial charge in [0, 0.05) is 19.8 Å². The maximum Gasteiger partial charge on any atom is 0.0830 e. The van der Waals surface area contributed by atoms with Gasteiger partial charge in [0.05, 0.1) is 12.7 Å². The van der Waals surface area contributed by atoms with Gasteiger partial charge in [0.2, 0.25) is 0 Å². The minimum absolute atomic E-state index is 0.216. The third-order valence-electron chi connectivity index (χ3n) is 1.54. The number of aliphatic hydroxyl groups excluding tert-OH is 1. The maximum atomic E-state index is 8.43. The highest BCUT2D eigenvalue weighted by Gasteiger charge is 2.14. The molecule has 1 fully saturated rings. The van der Waals surface area contributed by atoms with E-state index in [1.54, 1.807) is 0 Å². The highest BCUT2D eigenvalue weighted by Crippen LogP contribution is 2.07. The normalized spacial score (nSPS) is 25.5. The van der Waals surface area contributed by atoms with Gasteiger partial charge in [-0.1, -0.05) is 0 Å². The second kappa shape index (κ2) is 4.66. The minimum Gasteiger partial charge on any atom is -0.396 e. The zero-order chi connectivity index (χ0) is 7.23. The van der Waals surface area contributed by atoms with Crippen molar-refractivity contribution in [1.82, 2.24) is 0 Å². The van der Waals surface area contributed by atoms with Crippen molar-refractivity contribution < 1.29 is 14.6 Å². The number of hydrogen-bond donors (Lipinski definition) is 1. The summed E-state index contributed by atoms with van der Waals surface area (Å²) in [5.41, 5.74) is 0. The first kappa shape index (κ1) is 7.98. The lowest BCUT2D eigenvalue weighted by atomic mass is 10.3. The Morgan fingerprint density at radius 3 is 3.10 bits per heavy atom. The van der Waals surface area contributed by atoms with E-state index in [0.717, 1.165) is 26.1 Å². The molecule has 60 valence electrons. The molecule has 1 unspecified atom stereocenters. The fourth-order valence-electron chi connectivity index (χ4n) is 0.959. The van der Waals surface area contributed by atoms with Crippen LogP contribution in [0.2, 0.25) is 0 Å². The minimum atomic E-state index is 0.216. The zero-order valence-corrected chi connectivity index (χ0v) is 6.08. The van der Waals surface area contributed by atoms with Crippen LogP contribution in [-0.2, 0) is 9.47 Å². The fourth-order valence-corrected chi connectivity index (χ4v) is 0.959. The first-order valence-electron chi connectivity index (χ1n) is 3.73. The Hall–Kier alpha value is -0.120. The summed E-state index contributed by atoms with van der Waals surface area (Å²) in [5, 5.41) is 8.43. The predicted molar refractivity (Wildman–Crippen MR) is 36.9 cm³/mol. The van der Waals surface area contributed by atoms with E-state index >= 15 is 0 Å². The van der Waals surface area contributed by atoms with E-state index in [4.69, 9.17) is 14.6 Å². The standard InChI is InChI=1S/C7H14O3/c8-3-1-4-10-7-2-5-9-6-7/h7-8H,1-6H2. The van der Waals surface area contributed by atoms with Gasteiger partial charge in [-0.2, -0.15) is 0 Å². The molecule has 0 saturated carbocycles. The summed E-state index contributed by atoms with van der Waals surface area (Å²) in [6.45, 7) is 2.42. The molecule has 1 saturated heterocycles. The third kappa shape index (κ3) is 2.64. The molecule has 0 spiro atoms. The van der Waals surface area contributed by atoms with Gasteiger partial charge in [-0.15, -0.1) is 0 Å². The molecule has 1 rings (SSSR count). The van der Waals surface area contributed by atoms with Gasteiger partial charge in [-0.3, -0.25) is 0 Å². The van der Waals surface area contributed by atoms with Crippen LogP contribution in [0.3, 0.4) is 0 Å². The molecule has 1 heterocycles. The molecular weight excluding hydrogens is 132 g/mol. The number of hydrogen-bond acceptors (Lipinski definition) is 3. The van der Waals surface area contributed by atoms with Gasteiger partial charge in [0.25, 0.3) is 0 Å². The molecule has 3 nitrogen and oxygen atoms in total. The van der Waals surface area contributed by atoms with E-state index in [9.17, 15) is 0 Å². The smallest absolute Gasteiger partial charge is 0.0830 e. The molecule has 0 aromatic rings. The van der Waals surface area contributed by atoms with E-state index < -0.39 is 0 Å². The van der Waals surface area contributed by atoms with Crippen molar-refractivity contribution in [1.29, 1.82) is 0 Å². The quantitative estimate of drug-likeness (QED) is 0.575. The Bertz CT molecular complexity index is 78.9. The van der Waals surface area contributed by atoms with E-state index in [-0.39, 0.29) is 12.7 Å². The second-order valence-electron chi connectivity index (χ2n) is 2.43. The van der Waals surface area contributed by atoms with Crippen LogP contribution in [0.25, 0.3) is 0 Å². The Morgan fingerprint density at radius 1 is 1.60 bits per heavy atom. The molecule has 0 aromatic carbocycles. The zero-order valence-electron chi connectivity index (χ0n) is 6.08. The van der Waals surface area contributed by atoms with Crippen molar-refractivity contribution >= 4 is 0 Å². The van der Waals surface area contributed by atoms with Crippen LogP contribution in [0.15, 0.2) is 0 Å². The molecule has 1 N–H and O–H groups in total. The van der Waals surface area contributed by atoms with Gasteiger partial charge in [0.15, 0.2) is 0 Å². The van der Waals surface area contributed by atoms with Crippen LogP contribution >= 0.6 is 0 Å². The Kier molecular flexibility index (Phi) is 3.72. The topological polar surface area (TPSA) is 38.7 Å². The van der Waals surface area contributed by atoms with Crippen LogP contribution < -0.4 is 0 Å². The molecule has 0 bridgehead atoms. The fraction of sp³-hybridized carbons (Fsp3) is 1.00. The van der Waals surface area contributed by atoms with Gasteiger partial charge < -0.3 is 14.6 Å². The molecule has 1 aliphatic heterocycles. The first-order chi connectivity index (χ1) is 4.93. The van der Waals surface area contributed by atoms with Crippen molar-refractivity contribution in [3.05, 3.63) is 0 Å². The number of ether oxygens (including phenoxy) is 2. The molecule has 0 amide bonds. The molecule has 1 aliphatic rings. The molecule has 1 atom stereocenters. The van der Waals surface area contributed by atoms with E-state index in [2.05, 4.69) is 0 Å². The van der Waals surface area contributed by atoms with Crippen molar-refractivity contribution in [3.8, 4) is 0 Å². The Balaban J connectivity index is 1.91. The van der Waals surface area contributed by atoms with Crippen molar-refractivity contribution in [2.75, 3.05) is 26.4 Å². The SMILES string of the molecule is OCCCOC1CCOC1. The molecule has 3 heteroatoms.